The molecule has 0 radical (unpaired) electrons. The van der Waals surface area contributed by atoms with E-state index in [0.29, 0.717) is 0 Å². The smallest absolute Gasteiger partial charge is 0.144 e. The third-order valence-electron chi connectivity index (χ3n) is 2.91. The van der Waals surface area contributed by atoms with Crippen LogP contribution in [-0.2, 0) is 0 Å². The lowest BCUT2D eigenvalue weighted by Crippen LogP contribution is -2.25. The fourth-order valence-corrected chi connectivity index (χ4v) is 1.83. The van der Waals surface area contributed by atoms with Crippen LogP contribution >= 0.6 is 0 Å². The zero-order valence-corrected chi connectivity index (χ0v) is 11.3. The summed E-state index contributed by atoms with van der Waals surface area (Å²) in [6.07, 6.45) is 2.16. The van der Waals surface area contributed by atoms with Crippen molar-refractivity contribution in [2.75, 3.05) is 11.6 Å². The number of nitrogens with two attached hydrogens (primary N) is 1. The Balaban J connectivity index is 2.19. The Bertz CT molecular complexity index is 499. The maximum absolute atomic E-state index is 6.17. The van der Waals surface area contributed by atoms with Crippen LogP contribution in [0.1, 0.15) is 19.8 Å². The molecule has 0 aliphatic carbocycles. The largest absolute Gasteiger partial charge is 0.491 e. The number of hydrogen-bond donors (Lipinski definition) is 1. The van der Waals surface area contributed by atoms with Crippen LogP contribution < -0.4 is 15.6 Å². The first kappa shape index (κ1) is 13.4. The number of hydrazine groups is 1. The summed E-state index contributed by atoms with van der Waals surface area (Å²) in [5, 5.41) is 1.65. The summed E-state index contributed by atoms with van der Waals surface area (Å²) in [6.45, 7) is 2.87. The van der Waals surface area contributed by atoms with Crippen LogP contribution in [0.4, 0.5) is 11.4 Å². The molecule has 2 rings (SSSR count). The van der Waals surface area contributed by atoms with Gasteiger partial charge in [-0.2, -0.15) is 0 Å². The van der Waals surface area contributed by atoms with Crippen molar-refractivity contribution in [3.8, 4) is 5.75 Å². The zero-order chi connectivity index (χ0) is 13.5. The molecule has 0 heterocycles. The van der Waals surface area contributed by atoms with Crippen LogP contribution in [0.2, 0.25) is 0 Å². The van der Waals surface area contributed by atoms with E-state index >= 15 is 0 Å². The molecular formula is C16H20N2O. The van der Waals surface area contributed by atoms with Crippen molar-refractivity contribution in [1.29, 1.82) is 0 Å². The first-order chi connectivity index (χ1) is 9.33. The second kappa shape index (κ2) is 6.81. The van der Waals surface area contributed by atoms with E-state index in [2.05, 4.69) is 6.92 Å². The molecule has 19 heavy (non-hydrogen) atoms. The molecule has 0 bridgehead atoms. The summed E-state index contributed by atoms with van der Waals surface area (Å²) in [4.78, 5) is 0. The predicted octanol–water partition coefficient (Wildman–Crippen LogP) is 3.88. The van der Waals surface area contributed by atoms with Gasteiger partial charge in [-0.25, -0.2) is 5.84 Å². The van der Waals surface area contributed by atoms with Gasteiger partial charge in [-0.1, -0.05) is 43.7 Å². The van der Waals surface area contributed by atoms with Crippen LogP contribution in [0.15, 0.2) is 54.6 Å². The summed E-state index contributed by atoms with van der Waals surface area (Å²) in [7, 11) is 0. The number of ether oxygens (including phenoxy) is 1. The normalized spacial score (nSPS) is 10.2. The predicted molar refractivity (Wildman–Crippen MR) is 79.6 cm³/mol. The summed E-state index contributed by atoms with van der Waals surface area (Å²) in [5.74, 6) is 7.00. The topological polar surface area (TPSA) is 38.5 Å². The van der Waals surface area contributed by atoms with Gasteiger partial charge in [0.15, 0.2) is 0 Å². The molecule has 0 aromatic heterocycles. The number of para-hydroxylation sites is 3. The van der Waals surface area contributed by atoms with Crippen molar-refractivity contribution < 1.29 is 4.74 Å². The highest BCUT2D eigenvalue weighted by Crippen LogP contribution is 2.31. The molecule has 0 aliphatic heterocycles. The second-order valence-corrected chi connectivity index (χ2v) is 4.38. The van der Waals surface area contributed by atoms with Crippen LogP contribution in [0.25, 0.3) is 0 Å². The first-order valence-corrected chi connectivity index (χ1v) is 6.64. The molecule has 0 unspecified atom stereocenters. The van der Waals surface area contributed by atoms with Crippen molar-refractivity contribution in [2.45, 2.75) is 19.8 Å². The fourth-order valence-electron chi connectivity index (χ4n) is 1.83. The van der Waals surface area contributed by atoms with E-state index < -0.39 is 0 Å². The SMILES string of the molecule is CCCCOc1ccccc1N(N)c1ccccc1. The molecule has 0 atom stereocenters. The van der Waals surface area contributed by atoms with E-state index in [-0.39, 0.29) is 0 Å². The van der Waals surface area contributed by atoms with Crippen LogP contribution in [0.3, 0.4) is 0 Å². The highest BCUT2D eigenvalue weighted by atomic mass is 16.5. The minimum Gasteiger partial charge on any atom is -0.491 e. The Morgan fingerprint density at radius 3 is 2.42 bits per heavy atom. The van der Waals surface area contributed by atoms with Gasteiger partial charge in [0, 0.05) is 0 Å². The van der Waals surface area contributed by atoms with Gasteiger partial charge in [-0.3, -0.25) is 5.01 Å². The Morgan fingerprint density at radius 1 is 1.00 bits per heavy atom. The third-order valence-corrected chi connectivity index (χ3v) is 2.91. The summed E-state index contributed by atoms with van der Waals surface area (Å²) in [6, 6.07) is 17.7. The van der Waals surface area contributed by atoms with Crippen molar-refractivity contribution in [3.05, 3.63) is 54.6 Å². The molecular weight excluding hydrogens is 236 g/mol. The molecule has 100 valence electrons. The monoisotopic (exact) mass is 256 g/mol. The molecule has 0 fully saturated rings. The number of anilines is 2. The van der Waals surface area contributed by atoms with E-state index in [1.807, 2.05) is 54.6 Å². The number of benzene rings is 2. The molecule has 2 N–H and O–H groups in total. The molecule has 0 amide bonds. The molecule has 0 spiro atoms. The highest BCUT2D eigenvalue weighted by molar-refractivity contribution is 5.67. The molecule has 3 heteroatoms. The van der Waals surface area contributed by atoms with E-state index in [9.17, 15) is 0 Å². The number of unbranched alkanes of at least 4 members (excludes halogenated alkanes) is 1. The zero-order valence-electron chi connectivity index (χ0n) is 11.3. The van der Waals surface area contributed by atoms with E-state index in [0.717, 1.165) is 36.6 Å². The van der Waals surface area contributed by atoms with Crippen molar-refractivity contribution in [3.63, 3.8) is 0 Å². The van der Waals surface area contributed by atoms with Crippen LogP contribution in [0, 0.1) is 0 Å². The van der Waals surface area contributed by atoms with Crippen molar-refractivity contribution >= 4 is 11.4 Å². The van der Waals surface area contributed by atoms with E-state index in [4.69, 9.17) is 10.6 Å². The Labute approximate surface area is 114 Å². The summed E-state index contributed by atoms with van der Waals surface area (Å²) in [5.41, 5.74) is 1.82. The second-order valence-electron chi connectivity index (χ2n) is 4.38. The van der Waals surface area contributed by atoms with Gasteiger partial charge in [0.1, 0.15) is 5.75 Å². The van der Waals surface area contributed by atoms with Crippen LogP contribution in [0.5, 0.6) is 5.75 Å². The Hall–Kier alpha value is -2.00. The van der Waals surface area contributed by atoms with Gasteiger partial charge >= 0.3 is 0 Å². The molecule has 2 aromatic carbocycles. The Kier molecular flexibility index (Phi) is 4.81. The highest BCUT2D eigenvalue weighted by Gasteiger charge is 2.10. The average molecular weight is 256 g/mol. The van der Waals surface area contributed by atoms with Crippen molar-refractivity contribution in [2.24, 2.45) is 5.84 Å². The molecule has 0 saturated carbocycles. The summed E-state index contributed by atoms with van der Waals surface area (Å²) < 4.78 is 5.80. The lowest BCUT2D eigenvalue weighted by atomic mass is 10.2. The lowest BCUT2D eigenvalue weighted by Gasteiger charge is -2.21. The average Bonchev–Trinajstić information content (AvgIpc) is 2.48. The van der Waals surface area contributed by atoms with E-state index in [1.54, 1.807) is 5.01 Å². The molecule has 0 saturated heterocycles. The molecule has 3 nitrogen and oxygen atoms in total. The van der Waals surface area contributed by atoms with Crippen molar-refractivity contribution in [1.82, 2.24) is 0 Å². The lowest BCUT2D eigenvalue weighted by molar-refractivity contribution is 0.310. The van der Waals surface area contributed by atoms with Gasteiger partial charge < -0.3 is 4.74 Å². The first-order valence-electron chi connectivity index (χ1n) is 6.64. The maximum Gasteiger partial charge on any atom is 0.144 e. The number of rotatable bonds is 6. The van der Waals surface area contributed by atoms with Gasteiger partial charge in [-0.05, 0) is 30.7 Å². The van der Waals surface area contributed by atoms with E-state index in [1.165, 1.54) is 0 Å². The van der Waals surface area contributed by atoms with Crippen LogP contribution in [-0.4, -0.2) is 6.61 Å². The summed E-state index contributed by atoms with van der Waals surface area (Å²) >= 11 is 0. The Morgan fingerprint density at radius 2 is 1.68 bits per heavy atom. The van der Waals surface area contributed by atoms with Gasteiger partial charge in [0.2, 0.25) is 0 Å². The number of nitrogens with zero attached hydrogens (tertiary/aromatic N) is 1. The van der Waals surface area contributed by atoms with Gasteiger partial charge in [-0.15, -0.1) is 0 Å². The maximum atomic E-state index is 6.17. The molecule has 0 aliphatic rings. The third kappa shape index (κ3) is 3.48. The minimum absolute atomic E-state index is 0.718. The fraction of sp³-hybridized carbons (Fsp3) is 0.250. The van der Waals surface area contributed by atoms with Gasteiger partial charge in [0.05, 0.1) is 18.0 Å². The van der Waals surface area contributed by atoms with Gasteiger partial charge in [0.25, 0.3) is 0 Å². The quantitative estimate of drug-likeness (QED) is 0.484. The standard InChI is InChI=1S/C16H20N2O/c1-2-3-13-19-16-12-8-7-11-15(16)18(17)14-9-5-4-6-10-14/h4-12H,2-3,13,17H2,1H3. The minimum atomic E-state index is 0.718. The molecule has 2 aromatic rings. The number of hydrogen-bond acceptors (Lipinski definition) is 3.